The van der Waals surface area contributed by atoms with Crippen LogP contribution in [0, 0.1) is 0 Å². The number of methoxy groups -OCH3 is 1. The van der Waals surface area contributed by atoms with E-state index in [1.807, 2.05) is 0 Å². The van der Waals surface area contributed by atoms with Gasteiger partial charge in [0.25, 0.3) is 0 Å². The topological polar surface area (TPSA) is 74.2 Å². The van der Waals surface area contributed by atoms with Crippen molar-refractivity contribution >= 4 is 29.2 Å². The highest BCUT2D eigenvalue weighted by Crippen LogP contribution is 2.47. The second kappa shape index (κ2) is 9.70. The Labute approximate surface area is 191 Å². The Morgan fingerprint density at radius 2 is 1.81 bits per heavy atom. The fraction of sp³-hybridized carbons (Fsp3) is 0.238. The number of aromatic nitrogens is 3. The molecule has 2 heterocycles. The summed E-state index contributed by atoms with van der Waals surface area (Å²) in [5.74, 6) is -3.38. The number of esters is 1. The van der Waals surface area contributed by atoms with Gasteiger partial charge in [0.1, 0.15) is 10.9 Å². The van der Waals surface area contributed by atoms with Gasteiger partial charge in [-0.05, 0) is 47.4 Å². The van der Waals surface area contributed by atoms with Gasteiger partial charge in [0, 0.05) is 11.2 Å². The number of hydrogen-bond acceptors (Lipinski definition) is 6. The molecule has 6 nitrogen and oxygen atoms in total. The number of rotatable bonds is 6. The molecule has 32 heavy (non-hydrogen) atoms. The van der Waals surface area contributed by atoms with Gasteiger partial charge in [-0.3, -0.25) is 0 Å². The van der Waals surface area contributed by atoms with Crippen molar-refractivity contribution in [3.8, 4) is 11.6 Å². The molecule has 0 aliphatic rings. The third-order valence-electron chi connectivity index (χ3n) is 4.67. The van der Waals surface area contributed by atoms with Crippen molar-refractivity contribution in [1.29, 1.82) is 0 Å². The molecule has 0 aliphatic carbocycles. The van der Waals surface area contributed by atoms with Gasteiger partial charge in [0.2, 0.25) is 5.88 Å². The summed E-state index contributed by atoms with van der Waals surface area (Å²) in [6.07, 6.45) is -0.991. The number of hydrogen-bond donors (Lipinski definition) is 0. The number of alkyl halides is 3. The molecule has 0 N–H and O–H groups in total. The van der Waals surface area contributed by atoms with Gasteiger partial charge in [-0.25, -0.2) is 19.7 Å². The maximum atomic E-state index is 14.0. The van der Waals surface area contributed by atoms with Gasteiger partial charge in [0.15, 0.2) is 5.69 Å². The number of carbonyl (C=O) groups excluding carboxylic acids is 1. The molecule has 2 atom stereocenters. The van der Waals surface area contributed by atoms with Crippen molar-refractivity contribution in [3.05, 3.63) is 75.9 Å². The number of pyridine rings is 1. The predicted octanol–water partition coefficient (Wildman–Crippen LogP) is 6.21. The average Bonchev–Trinajstić information content (AvgIpc) is 2.74. The molecule has 0 spiro atoms. The van der Waals surface area contributed by atoms with Gasteiger partial charge in [-0.2, -0.15) is 13.2 Å². The summed E-state index contributed by atoms with van der Waals surface area (Å²) in [6, 6.07) is 6.78. The highest BCUT2D eigenvalue weighted by molar-refractivity contribution is 6.31. The van der Waals surface area contributed by atoms with E-state index < -0.39 is 24.0 Å². The summed E-state index contributed by atoms with van der Waals surface area (Å²) in [7, 11) is 1.21. The molecule has 0 saturated heterocycles. The van der Waals surface area contributed by atoms with Crippen LogP contribution in [0.2, 0.25) is 10.2 Å². The number of benzene rings is 1. The van der Waals surface area contributed by atoms with Crippen molar-refractivity contribution in [1.82, 2.24) is 15.0 Å². The summed E-state index contributed by atoms with van der Waals surface area (Å²) in [5, 5.41) is 0.104. The molecular weight excluding hydrogens is 470 g/mol. The average molecular weight is 486 g/mol. The summed E-state index contributed by atoms with van der Waals surface area (Å²) >= 11 is 12.0. The monoisotopic (exact) mass is 485 g/mol. The fourth-order valence-corrected chi connectivity index (χ4v) is 3.66. The van der Waals surface area contributed by atoms with Gasteiger partial charge < -0.3 is 9.47 Å². The van der Waals surface area contributed by atoms with E-state index in [0.29, 0.717) is 0 Å². The molecule has 11 heteroatoms. The Hall–Kier alpha value is -2.91. The first-order valence-corrected chi connectivity index (χ1v) is 9.91. The molecule has 0 amide bonds. The van der Waals surface area contributed by atoms with E-state index in [4.69, 9.17) is 27.9 Å². The minimum absolute atomic E-state index is 0.0192. The molecular formula is C21H16Cl2F3N3O3. The van der Waals surface area contributed by atoms with Crippen LogP contribution in [0.15, 0.2) is 48.9 Å². The van der Waals surface area contributed by atoms with E-state index in [9.17, 15) is 18.0 Å². The van der Waals surface area contributed by atoms with Crippen LogP contribution in [-0.2, 0) is 4.74 Å². The number of ether oxygens (including phenoxy) is 2. The van der Waals surface area contributed by atoms with E-state index in [0.717, 1.165) is 6.20 Å². The first kappa shape index (κ1) is 23.7. The van der Waals surface area contributed by atoms with E-state index in [-0.39, 0.29) is 38.6 Å². The van der Waals surface area contributed by atoms with Crippen molar-refractivity contribution in [2.24, 2.45) is 0 Å². The zero-order chi connectivity index (χ0) is 23.5. The zero-order valence-electron chi connectivity index (χ0n) is 16.7. The number of carbonyl (C=O) groups is 1. The maximum Gasteiger partial charge on any atom is 0.396 e. The minimum atomic E-state index is -4.57. The van der Waals surface area contributed by atoms with Crippen molar-refractivity contribution in [3.63, 3.8) is 0 Å². The van der Waals surface area contributed by atoms with Crippen LogP contribution < -0.4 is 4.74 Å². The molecule has 3 aromatic rings. The minimum Gasteiger partial charge on any atom is -0.464 e. The SMILES string of the molecule is COC(=O)c1cnc(Oc2ccc(Cl)c([C@@H](C)C(c3ccnc(Cl)c3)C(F)(F)F)c2)cn1. The highest BCUT2D eigenvalue weighted by Gasteiger charge is 2.45. The summed E-state index contributed by atoms with van der Waals surface area (Å²) < 4.78 is 52.1. The molecule has 0 bridgehead atoms. The number of nitrogens with zero attached hydrogens (tertiary/aromatic N) is 3. The molecule has 0 aliphatic heterocycles. The van der Waals surface area contributed by atoms with Gasteiger partial charge >= 0.3 is 12.1 Å². The second-order valence-corrected chi connectivity index (χ2v) is 7.53. The largest absolute Gasteiger partial charge is 0.464 e. The quantitative estimate of drug-likeness (QED) is 0.305. The van der Waals surface area contributed by atoms with Crippen LogP contribution in [-0.4, -0.2) is 34.2 Å². The highest BCUT2D eigenvalue weighted by atomic mass is 35.5. The van der Waals surface area contributed by atoms with Crippen LogP contribution in [0.1, 0.15) is 40.4 Å². The molecule has 0 radical (unpaired) electrons. The van der Waals surface area contributed by atoms with Crippen molar-refractivity contribution < 1.29 is 27.4 Å². The van der Waals surface area contributed by atoms with Gasteiger partial charge in [0.05, 0.1) is 25.4 Å². The molecule has 168 valence electrons. The number of halogens is 5. The Morgan fingerprint density at radius 1 is 1.06 bits per heavy atom. The summed E-state index contributed by atoms with van der Waals surface area (Å²) in [5.41, 5.74) is 0.171. The van der Waals surface area contributed by atoms with E-state index >= 15 is 0 Å². The van der Waals surface area contributed by atoms with Crippen LogP contribution in [0.3, 0.4) is 0 Å². The molecule has 1 unspecified atom stereocenters. The van der Waals surface area contributed by atoms with Gasteiger partial charge in [-0.15, -0.1) is 0 Å². The fourth-order valence-electron chi connectivity index (χ4n) is 3.19. The van der Waals surface area contributed by atoms with Crippen LogP contribution in [0.5, 0.6) is 11.6 Å². The molecule has 0 saturated carbocycles. The van der Waals surface area contributed by atoms with Crippen molar-refractivity contribution in [2.45, 2.75) is 24.9 Å². The van der Waals surface area contributed by atoms with Crippen LogP contribution in [0.25, 0.3) is 0 Å². The Morgan fingerprint density at radius 3 is 2.41 bits per heavy atom. The Kier molecular flexibility index (Phi) is 7.20. The lowest BCUT2D eigenvalue weighted by Crippen LogP contribution is -2.26. The van der Waals surface area contributed by atoms with E-state index in [1.54, 1.807) is 0 Å². The molecule has 3 rings (SSSR count). The Bertz CT molecular complexity index is 1110. The van der Waals surface area contributed by atoms with Crippen LogP contribution >= 0.6 is 23.2 Å². The van der Waals surface area contributed by atoms with Crippen molar-refractivity contribution in [2.75, 3.05) is 7.11 Å². The van der Waals surface area contributed by atoms with Crippen LogP contribution in [0.4, 0.5) is 13.2 Å². The normalized spacial score (nSPS) is 13.3. The summed E-state index contributed by atoms with van der Waals surface area (Å²) in [6.45, 7) is 1.42. The second-order valence-electron chi connectivity index (χ2n) is 6.74. The smallest absolute Gasteiger partial charge is 0.396 e. The zero-order valence-corrected chi connectivity index (χ0v) is 18.2. The lowest BCUT2D eigenvalue weighted by atomic mass is 9.82. The first-order valence-electron chi connectivity index (χ1n) is 9.16. The third kappa shape index (κ3) is 5.46. The first-order chi connectivity index (χ1) is 15.1. The third-order valence-corrected chi connectivity index (χ3v) is 5.22. The van der Waals surface area contributed by atoms with E-state index in [1.165, 1.54) is 56.8 Å². The van der Waals surface area contributed by atoms with Gasteiger partial charge in [-0.1, -0.05) is 30.1 Å². The lowest BCUT2D eigenvalue weighted by molar-refractivity contribution is -0.154. The standard InChI is InChI=1S/C21H16Cl2F3N3O3/c1-11(19(21(24,25)26)12-5-6-27-17(23)7-12)14-8-13(3-4-15(14)22)32-18-10-28-16(9-29-18)20(30)31-2/h3-11,19H,1-2H3/t11-,19?/m1/s1. The Balaban J connectivity index is 1.92. The molecule has 0 fully saturated rings. The lowest BCUT2D eigenvalue weighted by Gasteiger charge is -2.28. The summed E-state index contributed by atoms with van der Waals surface area (Å²) in [4.78, 5) is 23.0. The van der Waals surface area contributed by atoms with E-state index in [2.05, 4.69) is 19.7 Å². The maximum absolute atomic E-state index is 14.0. The molecule has 1 aromatic carbocycles. The molecule has 2 aromatic heterocycles. The predicted molar refractivity (Wildman–Crippen MR) is 111 cm³/mol.